The van der Waals surface area contributed by atoms with Crippen LogP contribution in [-0.2, 0) is 0 Å². The second-order valence-electron chi connectivity index (χ2n) is 5.70. The Morgan fingerprint density at radius 2 is 2.15 bits per heavy atom. The molecule has 20 heavy (non-hydrogen) atoms. The lowest BCUT2D eigenvalue weighted by atomic mass is 9.78. The van der Waals surface area contributed by atoms with Gasteiger partial charge in [-0.2, -0.15) is 4.98 Å². The second kappa shape index (κ2) is 5.54. The molecule has 0 radical (unpaired) electrons. The minimum atomic E-state index is 0.471. The molecule has 4 N–H and O–H groups in total. The van der Waals surface area contributed by atoms with E-state index in [9.17, 15) is 0 Å². The molecule has 0 saturated heterocycles. The van der Waals surface area contributed by atoms with E-state index in [0.717, 1.165) is 22.0 Å². The van der Waals surface area contributed by atoms with Gasteiger partial charge in [-0.25, -0.2) is 10.8 Å². The number of rotatable bonds is 3. The lowest BCUT2D eigenvalue weighted by molar-refractivity contribution is 0.253. The number of nitrogens with one attached hydrogen (secondary N) is 2. The van der Waals surface area contributed by atoms with Crippen LogP contribution in [-0.4, -0.2) is 16.0 Å². The Hall–Kier alpha value is -1.40. The maximum absolute atomic E-state index is 5.46. The van der Waals surface area contributed by atoms with Gasteiger partial charge in [-0.05, 0) is 29.7 Å². The van der Waals surface area contributed by atoms with Gasteiger partial charge in [0.25, 0.3) is 0 Å². The molecule has 3 unspecified atom stereocenters. The van der Waals surface area contributed by atoms with Gasteiger partial charge < -0.3 is 5.32 Å². The quantitative estimate of drug-likeness (QED) is 0.598. The summed E-state index contributed by atoms with van der Waals surface area (Å²) < 4.78 is 0. The number of thiophene rings is 1. The van der Waals surface area contributed by atoms with Crippen LogP contribution in [0.2, 0.25) is 0 Å². The fourth-order valence-corrected chi connectivity index (χ4v) is 3.76. The molecule has 1 fully saturated rings. The van der Waals surface area contributed by atoms with Crippen LogP contribution in [0, 0.1) is 11.8 Å². The lowest BCUT2D eigenvalue weighted by Gasteiger charge is -2.35. The summed E-state index contributed by atoms with van der Waals surface area (Å²) in [5.74, 6) is 8.24. The normalized spacial score (nSPS) is 26.6. The van der Waals surface area contributed by atoms with Crippen LogP contribution in [0.5, 0.6) is 0 Å². The summed E-state index contributed by atoms with van der Waals surface area (Å²) in [7, 11) is 0. The summed E-state index contributed by atoms with van der Waals surface area (Å²) in [6, 6.07) is 2.54. The van der Waals surface area contributed by atoms with Crippen molar-refractivity contribution in [3.8, 4) is 0 Å². The van der Waals surface area contributed by atoms with Crippen LogP contribution < -0.4 is 16.6 Å². The van der Waals surface area contributed by atoms with Crippen molar-refractivity contribution in [3.63, 3.8) is 0 Å². The van der Waals surface area contributed by atoms with Crippen molar-refractivity contribution in [2.45, 2.75) is 39.2 Å². The predicted molar refractivity (Wildman–Crippen MR) is 84.8 cm³/mol. The first-order valence-corrected chi connectivity index (χ1v) is 8.05. The number of nitrogen functional groups attached to an aromatic ring is 1. The number of hydrazine groups is 1. The largest absolute Gasteiger partial charge is 0.366 e. The molecular formula is C14H21N5S. The monoisotopic (exact) mass is 291 g/mol. The molecule has 108 valence electrons. The SMILES string of the molecule is CC1CCCC(Nc2nc(NN)nc3sccc23)C1C. The molecule has 1 aliphatic carbocycles. The lowest BCUT2D eigenvalue weighted by Crippen LogP contribution is -2.35. The van der Waals surface area contributed by atoms with Gasteiger partial charge in [0, 0.05) is 6.04 Å². The van der Waals surface area contributed by atoms with E-state index in [4.69, 9.17) is 5.84 Å². The van der Waals surface area contributed by atoms with Crippen LogP contribution in [0.15, 0.2) is 11.4 Å². The maximum Gasteiger partial charge on any atom is 0.240 e. The molecule has 2 aromatic rings. The van der Waals surface area contributed by atoms with E-state index in [-0.39, 0.29) is 0 Å². The van der Waals surface area contributed by atoms with Crippen LogP contribution in [0.25, 0.3) is 10.2 Å². The van der Waals surface area contributed by atoms with Crippen molar-refractivity contribution in [1.82, 2.24) is 9.97 Å². The molecular weight excluding hydrogens is 270 g/mol. The standard InChI is InChI=1S/C14H21N5S/c1-8-4-3-5-11(9(8)2)16-12-10-6-7-20-13(10)18-14(17-12)19-15/h6-9,11H,3-5,15H2,1-2H3,(H2,16,17,18,19). The number of hydrogen-bond donors (Lipinski definition) is 3. The summed E-state index contributed by atoms with van der Waals surface area (Å²) in [5, 5.41) is 6.75. The van der Waals surface area contributed by atoms with E-state index < -0.39 is 0 Å². The van der Waals surface area contributed by atoms with E-state index in [0.29, 0.717) is 17.9 Å². The Balaban J connectivity index is 1.91. The average molecular weight is 291 g/mol. The highest BCUT2D eigenvalue weighted by atomic mass is 32.1. The predicted octanol–water partition coefficient (Wildman–Crippen LogP) is 3.21. The molecule has 0 bridgehead atoms. The van der Waals surface area contributed by atoms with Crippen LogP contribution in [0.1, 0.15) is 33.1 Å². The van der Waals surface area contributed by atoms with E-state index in [2.05, 4.69) is 40.6 Å². The Labute approximate surface area is 123 Å². The number of hydrogen-bond acceptors (Lipinski definition) is 6. The van der Waals surface area contributed by atoms with Crippen LogP contribution in [0.3, 0.4) is 0 Å². The highest BCUT2D eigenvalue weighted by Crippen LogP contribution is 2.33. The summed E-state index contributed by atoms with van der Waals surface area (Å²) in [5.41, 5.74) is 2.55. The zero-order chi connectivity index (χ0) is 14.1. The molecule has 6 heteroatoms. The zero-order valence-electron chi connectivity index (χ0n) is 11.9. The molecule has 2 aromatic heterocycles. The summed E-state index contributed by atoms with van der Waals surface area (Å²) in [6.07, 6.45) is 3.81. The van der Waals surface area contributed by atoms with Crippen LogP contribution in [0.4, 0.5) is 11.8 Å². The van der Waals surface area contributed by atoms with E-state index in [1.54, 1.807) is 11.3 Å². The molecule has 0 aliphatic heterocycles. The molecule has 0 spiro atoms. The number of nitrogens with two attached hydrogens (primary N) is 1. The molecule has 1 saturated carbocycles. The first-order valence-electron chi connectivity index (χ1n) is 7.17. The van der Waals surface area contributed by atoms with Crippen molar-refractivity contribution in [1.29, 1.82) is 0 Å². The highest BCUT2D eigenvalue weighted by Gasteiger charge is 2.27. The molecule has 0 aromatic carbocycles. The second-order valence-corrected chi connectivity index (χ2v) is 6.59. The van der Waals surface area contributed by atoms with Crippen molar-refractivity contribution in [2.75, 3.05) is 10.7 Å². The number of fused-ring (bicyclic) bond motifs is 1. The van der Waals surface area contributed by atoms with Gasteiger partial charge in [-0.15, -0.1) is 11.3 Å². The molecule has 0 amide bonds. The summed E-state index contributed by atoms with van der Waals surface area (Å²) in [4.78, 5) is 9.83. The minimum Gasteiger partial charge on any atom is -0.366 e. The van der Waals surface area contributed by atoms with E-state index >= 15 is 0 Å². The van der Waals surface area contributed by atoms with Crippen molar-refractivity contribution in [2.24, 2.45) is 17.7 Å². The number of nitrogens with zero attached hydrogens (tertiary/aromatic N) is 2. The van der Waals surface area contributed by atoms with Crippen LogP contribution >= 0.6 is 11.3 Å². The molecule has 5 nitrogen and oxygen atoms in total. The molecule has 1 aliphatic rings. The van der Waals surface area contributed by atoms with Crippen molar-refractivity contribution < 1.29 is 0 Å². The van der Waals surface area contributed by atoms with Gasteiger partial charge >= 0.3 is 0 Å². The van der Waals surface area contributed by atoms with Gasteiger partial charge in [0.05, 0.1) is 5.39 Å². The van der Waals surface area contributed by atoms with Gasteiger partial charge in [0.1, 0.15) is 10.6 Å². The average Bonchev–Trinajstić information content (AvgIpc) is 2.92. The Morgan fingerprint density at radius 1 is 1.30 bits per heavy atom. The first-order chi connectivity index (χ1) is 9.69. The van der Waals surface area contributed by atoms with E-state index in [1.165, 1.54) is 19.3 Å². The fraction of sp³-hybridized carbons (Fsp3) is 0.571. The van der Waals surface area contributed by atoms with Gasteiger partial charge in [-0.3, -0.25) is 5.43 Å². The Kier molecular flexibility index (Phi) is 3.76. The molecule has 2 heterocycles. The third kappa shape index (κ3) is 2.45. The van der Waals surface area contributed by atoms with Crippen molar-refractivity contribution in [3.05, 3.63) is 11.4 Å². The highest BCUT2D eigenvalue weighted by molar-refractivity contribution is 7.16. The summed E-state index contributed by atoms with van der Waals surface area (Å²) >= 11 is 1.61. The zero-order valence-corrected chi connectivity index (χ0v) is 12.7. The smallest absolute Gasteiger partial charge is 0.240 e. The minimum absolute atomic E-state index is 0.471. The first kappa shape index (κ1) is 13.6. The van der Waals surface area contributed by atoms with Crippen molar-refractivity contribution >= 4 is 33.3 Å². The topological polar surface area (TPSA) is 75.9 Å². The number of anilines is 2. The fourth-order valence-electron chi connectivity index (χ4n) is 2.99. The molecule has 3 rings (SSSR count). The number of aromatic nitrogens is 2. The Morgan fingerprint density at radius 3 is 2.95 bits per heavy atom. The molecule has 3 atom stereocenters. The third-order valence-electron chi connectivity index (χ3n) is 4.48. The van der Waals surface area contributed by atoms with Gasteiger partial charge in [0.2, 0.25) is 5.95 Å². The maximum atomic E-state index is 5.46. The summed E-state index contributed by atoms with van der Waals surface area (Å²) in [6.45, 7) is 4.67. The van der Waals surface area contributed by atoms with E-state index in [1.807, 2.05) is 5.38 Å². The van der Waals surface area contributed by atoms with Gasteiger partial charge in [0.15, 0.2) is 0 Å². The van der Waals surface area contributed by atoms with Gasteiger partial charge in [-0.1, -0.05) is 26.7 Å². The Bertz CT molecular complexity index is 596. The third-order valence-corrected chi connectivity index (χ3v) is 5.29.